The maximum Gasteiger partial charge on any atom is 0.225 e. The van der Waals surface area contributed by atoms with Gasteiger partial charge >= 0.3 is 0 Å². The normalized spacial score (nSPS) is 11.8. The fraction of sp³-hybridized carbons (Fsp3) is 0.600. The zero-order valence-corrected chi connectivity index (χ0v) is 14.3. The van der Waals surface area contributed by atoms with Gasteiger partial charge in [0.2, 0.25) is 5.28 Å². The van der Waals surface area contributed by atoms with Crippen molar-refractivity contribution in [3.8, 4) is 0 Å². The van der Waals surface area contributed by atoms with E-state index < -0.39 is 0 Å². The summed E-state index contributed by atoms with van der Waals surface area (Å²) in [7, 11) is 0. The summed E-state index contributed by atoms with van der Waals surface area (Å²) in [6.07, 6.45) is 1.02. The Balaban J connectivity index is 2.57. The third kappa shape index (κ3) is 3.23. The molecule has 0 saturated heterocycles. The Kier molecular flexibility index (Phi) is 4.86. The second-order valence-corrected chi connectivity index (χ2v) is 7.19. The van der Waals surface area contributed by atoms with Gasteiger partial charge < -0.3 is 4.90 Å². The van der Waals surface area contributed by atoms with Gasteiger partial charge in [-0.3, -0.25) is 0 Å². The highest BCUT2D eigenvalue weighted by Gasteiger charge is 2.19. The van der Waals surface area contributed by atoms with Crippen molar-refractivity contribution in [3.05, 3.63) is 16.2 Å². The number of thiophene rings is 1. The van der Waals surface area contributed by atoms with Gasteiger partial charge in [-0.15, -0.1) is 11.3 Å². The summed E-state index contributed by atoms with van der Waals surface area (Å²) in [6, 6.07) is 2.60. The molecule has 0 aromatic carbocycles. The van der Waals surface area contributed by atoms with Crippen LogP contribution in [-0.2, 0) is 6.42 Å². The van der Waals surface area contributed by atoms with Crippen LogP contribution in [0.15, 0.2) is 6.07 Å². The molecule has 0 aliphatic heterocycles. The number of anilines is 1. The number of hydrogen-bond acceptors (Lipinski definition) is 4. The third-order valence-corrected chi connectivity index (χ3v) is 4.54. The molecular formula is C15H22ClN3S. The van der Waals surface area contributed by atoms with E-state index in [1.165, 1.54) is 4.88 Å². The van der Waals surface area contributed by atoms with Gasteiger partial charge in [-0.2, -0.15) is 4.98 Å². The summed E-state index contributed by atoms with van der Waals surface area (Å²) >= 11 is 7.83. The largest absolute Gasteiger partial charge is 0.353 e. The molecule has 0 atom stereocenters. The monoisotopic (exact) mass is 311 g/mol. The quantitative estimate of drug-likeness (QED) is 0.744. The maximum absolute atomic E-state index is 6.12. The van der Waals surface area contributed by atoms with Crippen LogP contribution in [0.3, 0.4) is 0 Å². The van der Waals surface area contributed by atoms with E-state index >= 15 is 0 Å². The number of rotatable bonds is 5. The van der Waals surface area contributed by atoms with E-state index in [1.54, 1.807) is 11.3 Å². The number of halogens is 1. The van der Waals surface area contributed by atoms with E-state index in [9.17, 15) is 0 Å². The molecule has 2 aromatic heterocycles. The molecule has 3 nitrogen and oxygen atoms in total. The Labute approximate surface area is 130 Å². The Morgan fingerprint density at radius 3 is 2.50 bits per heavy atom. The summed E-state index contributed by atoms with van der Waals surface area (Å²) in [5.74, 6) is 1.55. The van der Waals surface area contributed by atoms with Crippen LogP contribution in [0.1, 0.15) is 39.5 Å². The third-order valence-electron chi connectivity index (χ3n) is 3.20. The predicted molar refractivity (Wildman–Crippen MR) is 89.1 cm³/mol. The minimum absolute atomic E-state index is 0.339. The van der Waals surface area contributed by atoms with Crippen LogP contribution in [0.25, 0.3) is 10.2 Å². The van der Waals surface area contributed by atoms with Crippen molar-refractivity contribution < 1.29 is 0 Å². The van der Waals surface area contributed by atoms with Gasteiger partial charge in [-0.1, -0.05) is 20.8 Å². The molecule has 0 aliphatic rings. The van der Waals surface area contributed by atoms with E-state index in [0.717, 1.165) is 29.0 Å². The lowest BCUT2D eigenvalue weighted by Crippen LogP contribution is -2.35. The minimum Gasteiger partial charge on any atom is -0.353 e. The second-order valence-electron chi connectivity index (χ2n) is 5.74. The van der Waals surface area contributed by atoms with Crippen molar-refractivity contribution in [2.75, 3.05) is 11.4 Å². The van der Waals surface area contributed by atoms with Gasteiger partial charge in [0.15, 0.2) is 0 Å². The van der Waals surface area contributed by atoms with Crippen molar-refractivity contribution in [1.29, 1.82) is 0 Å². The Hall–Kier alpha value is -0.870. The van der Waals surface area contributed by atoms with Crippen LogP contribution in [0.5, 0.6) is 0 Å². The first-order chi connectivity index (χ1) is 9.42. The summed E-state index contributed by atoms with van der Waals surface area (Å²) < 4.78 is 0. The van der Waals surface area contributed by atoms with Crippen molar-refractivity contribution in [2.24, 2.45) is 5.92 Å². The summed E-state index contributed by atoms with van der Waals surface area (Å²) in [5.41, 5.74) is 0. The molecule has 0 aliphatic carbocycles. The lowest BCUT2D eigenvalue weighted by atomic mass is 10.1. The molecule has 0 N–H and O–H groups in total. The average molecular weight is 312 g/mol. The number of aromatic nitrogens is 2. The molecule has 20 heavy (non-hydrogen) atoms. The van der Waals surface area contributed by atoms with Gasteiger partial charge in [0.05, 0.1) is 5.39 Å². The van der Waals surface area contributed by atoms with Crippen LogP contribution in [0.4, 0.5) is 5.82 Å². The van der Waals surface area contributed by atoms with E-state index in [0.29, 0.717) is 17.2 Å². The van der Waals surface area contributed by atoms with Crippen LogP contribution in [0.2, 0.25) is 5.28 Å². The van der Waals surface area contributed by atoms with E-state index in [1.807, 2.05) is 0 Å². The predicted octanol–water partition coefficient (Wildman–Crippen LogP) is 4.78. The lowest BCUT2D eigenvalue weighted by molar-refractivity contribution is 0.567. The highest BCUT2D eigenvalue weighted by Crippen LogP contribution is 2.33. The van der Waals surface area contributed by atoms with Gasteiger partial charge in [-0.25, -0.2) is 4.98 Å². The SMILES string of the molecule is CCc1cc2c(N(CC(C)C)C(C)C)nc(Cl)nc2s1. The van der Waals surface area contributed by atoms with Crippen molar-refractivity contribution in [1.82, 2.24) is 9.97 Å². The molecule has 5 heteroatoms. The molecule has 0 radical (unpaired) electrons. The summed E-state index contributed by atoms with van der Waals surface area (Å²) in [5, 5.41) is 1.47. The molecule has 0 saturated carbocycles. The van der Waals surface area contributed by atoms with E-state index in [2.05, 4.69) is 55.6 Å². The number of aryl methyl sites for hydroxylation is 1. The molecule has 110 valence electrons. The highest BCUT2D eigenvalue weighted by atomic mass is 35.5. The standard InChI is InChI=1S/C15H22ClN3S/c1-6-11-7-12-13(17-15(16)18-14(12)20-11)19(10(4)5)8-9(2)3/h7,9-10H,6,8H2,1-5H3. The molecule has 0 bridgehead atoms. The van der Waals surface area contributed by atoms with Crippen molar-refractivity contribution in [2.45, 2.75) is 47.1 Å². The van der Waals surface area contributed by atoms with E-state index in [-0.39, 0.29) is 0 Å². The van der Waals surface area contributed by atoms with Crippen LogP contribution in [0, 0.1) is 5.92 Å². The van der Waals surface area contributed by atoms with Crippen LogP contribution >= 0.6 is 22.9 Å². The van der Waals surface area contributed by atoms with Crippen LogP contribution in [-0.4, -0.2) is 22.6 Å². The fourth-order valence-corrected chi connectivity index (χ4v) is 3.44. The number of hydrogen-bond donors (Lipinski definition) is 0. The Morgan fingerprint density at radius 2 is 1.95 bits per heavy atom. The maximum atomic E-state index is 6.12. The van der Waals surface area contributed by atoms with Gasteiger partial charge in [0, 0.05) is 17.5 Å². The molecule has 0 amide bonds. The fourth-order valence-electron chi connectivity index (χ4n) is 2.26. The van der Waals surface area contributed by atoms with Gasteiger partial charge in [-0.05, 0) is 43.9 Å². The summed E-state index contributed by atoms with van der Waals surface area (Å²) in [6.45, 7) is 12.0. The smallest absolute Gasteiger partial charge is 0.225 e. The zero-order chi connectivity index (χ0) is 14.9. The lowest BCUT2D eigenvalue weighted by Gasteiger charge is -2.30. The van der Waals surface area contributed by atoms with Crippen molar-refractivity contribution in [3.63, 3.8) is 0 Å². The summed E-state index contributed by atoms with van der Waals surface area (Å²) in [4.78, 5) is 13.5. The molecule has 2 aromatic rings. The molecule has 0 unspecified atom stereocenters. The highest BCUT2D eigenvalue weighted by molar-refractivity contribution is 7.18. The Morgan fingerprint density at radius 1 is 1.25 bits per heavy atom. The first-order valence-electron chi connectivity index (χ1n) is 7.15. The minimum atomic E-state index is 0.339. The van der Waals surface area contributed by atoms with Crippen molar-refractivity contribution >= 4 is 39.0 Å². The Bertz CT molecular complexity index is 592. The topological polar surface area (TPSA) is 29.0 Å². The molecule has 2 rings (SSSR count). The second kappa shape index (κ2) is 6.27. The van der Waals surface area contributed by atoms with Gasteiger partial charge in [0.25, 0.3) is 0 Å². The van der Waals surface area contributed by atoms with Crippen LogP contribution < -0.4 is 4.90 Å². The first kappa shape index (κ1) is 15.5. The molecule has 2 heterocycles. The number of nitrogens with zero attached hydrogens (tertiary/aromatic N) is 3. The average Bonchev–Trinajstić information content (AvgIpc) is 2.77. The first-order valence-corrected chi connectivity index (χ1v) is 8.34. The van der Waals surface area contributed by atoms with Gasteiger partial charge in [0.1, 0.15) is 10.6 Å². The molecular weight excluding hydrogens is 290 g/mol. The molecule has 0 spiro atoms. The molecule has 0 fully saturated rings. The zero-order valence-electron chi connectivity index (χ0n) is 12.8. The van der Waals surface area contributed by atoms with E-state index in [4.69, 9.17) is 11.6 Å². The number of fused-ring (bicyclic) bond motifs is 1.